The number of carbonyl (C=O) groups is 2. The van der Waals surface area contributed by atoms with E-state index in [4.69, 9.17) is 0 Å². The van der Waals surface area contributed by atoms with Crippen molar-refractivity contribution in [1.82, 2.24) is 4.90 Å². The SMILES string of the molecule is C[C@]12CCC(=O)C=C1CC[C@@H]1[C@@H]2CC[C@]2(C)C(=O)[C@@H](N3CCCCC3)C[C@@H]12. The third kappa shape index (κ3) is 2.56. The number of likely N-dealkylation sites (tertiary alicyclic amines) is 1. The van der Waals surface area contributed by atoms with Crippen LogP contribution in [0, 0.1) is 28.6 Å². The van der Waals surface area contributed by atoms with E-state index in [1.54, 1.807) is 0 Å². The first-order valence-corrected chi connectivity index (χ1v) is 11.5. The molecular weight excluding hydrogens is 334 g/mol. The Morgan fingerprint density at radius 3 is 2.48 bits per heavy atom. The minimum atomic E-state index is -0.0919. The van der Waals surface area contributed by atoms with E-state index in [0.29, 0.717) is 29.3 Å². The lowest BCUT2D eigenvalue weighted by atomic mass is 9.47. The van der Waals surface area contributed by atoms with Crippen LogP contribution in [-0.2, 0) is 9.59 Å². The van der Waals surface area contributed by atoms with Gasteiger partial charge in [-0.3, -0.25) is 14.5 Å². The number of piperidine rings is 1. The molecule has 5 aliphatic rings. The largest absolute Gasteiger partial charge is 0.297 e. The minimum absolute atomic E-state index is 0.0919. The van der Waals surface area contributed by atoms with Gasteiger partial charge in [0.05, 0.1) is 6.04 Å². The fourth-order valence-electron chi connectivity index (χ4n) is 7.89. The Morgan fingerprint density at radius 1 is 0.926 bits per heavy atom. The summed E-state index contributed by atoms with van der Waals surface area (Å²) in [7, 11) is 0. The molecule has 0 aromatic carbocycles. The quantitative estimate of drug-likeness (QED) is 0.680. The molecule has 0 unspecified atom stereocenters. The van der Waals surface area contributed by atoms with Crippen molar-refractivity contribution in [2.45, 2.75) is 84.1 Å². The molecule has 0 spiro atoms. The van der Waals surface area contributed by atoms with E-state index >= 15 is 0 Å². The fraction of sp³-hybridized carbons (Fsp3) is 0.833. The molecule has 0 amide bonds. The number of allylic oxidation sites excluding steroid dienone is 1. The molecule has 4 fully saturated rings. The summed E-state index contributed by atoms with van der Waals surface area (Å²) in [5.41, 5.74) is 1.55. The van der Waals surface area contributed by atoms with Gasteiger partial charge in [0.1, 0.15) is 0 Å². The molecular formula is C24H35NO2. The number of fused-ring (bicyclic) bond motifs is 5. The van der Waals surface area contributed by atoms with E-state index in [2.05, 4.69) is 18.7 Å². The highest BCUT2D eigenvalue weighted by atomic mass is 16.1. The number of Topliss-reactive ketones (excluding diaryl/α,β-unsaturated/α-hetero) is 1. The molecule has 27 heavy (non-hydrogen) atoms. The minimum Gasteiger partial charge on any atom is -0.297 e. The molecule has 6 atom stereocenters. The molecule has 1 aliphatic heterocycles. The van der Waals surface area contributed by atoms with Gasteiger partial charge in [-0.15, -0.1) is 0 Å². The normalized spacial score (nSPS) is 47.9. The van der Waals surface area contributed by atoms with Gasteiger partial charge < -0.3 is 0 Å². The smallest absolute Gasteiger partial charge is 0.156 e. The van der Waals surface area contributed by atoms with Crippen molar-refractivity contribution in [3.05, 3.63) is 11.6 Å². The summed E-state index contributed by atoms with van der Waals surface area (Å²) in [6.45, 7) is 6.99. The Kier molecular flexibility index (Phi) is 4.20. The second kappa shape index (κ2) is 6.27. The highest BCUT2D eigenvalue weighted by Gasteiger charge is 2.62. The first-order valence-electron chi connectivity index (χ1n) is 11.5. The molecule has 0 radical (unpaired) electrons. The van der Waals surface area contributed by atoms with E-state index in [1.165, 1.54) is 37.7 Å². The van der Waals surface area contributed by atoms with E-state index < -0.39 is 0 Å². The van der Waals surface area contributed by atoms with E-state index in [-0.39, 0.29) is 16.9 Å². The summed E-state index contributed by atoms with van der Waals surface area (Å²) < 4.78 is 0. The van der Waals surface area contributed by atoms with Gasteiger partial charge in [-0.25, -0.2) is 0 Å². The van der Waals surface area contributed by atoms with Crippen molar-refractivity contribution in [3.8, 4) is 0 Å². The van der Waals surface area contributed by atoms with Crippen molar-refractivity contribution in [2.75, 3.05) is 13.1 Å². The first kappa shape index (κ1) is 18.1. The zero-order valence-electron chi connectivity index (χ0n) is 17.1. The van der Waals surface area contributed by atoms with Crippen LogP contribution >= 0.6 is 0 Å². The maximum Gasteiger partial charge on any atom is 0.156 e. The van der Waals surface area contributed by atoms with Crippen molar-refractivity contribution >= 4 is 11.6 Å². The van der Waals surface area contributed by atoms with Crippen LogP contribution in [0.1, 0.15) is 78.1 Å². The molecule has 3 saturated carbocycles. The van der Waals surface area contributed by atoms with Gasteiger partial charge in [0, 0.05) is 11.8 Å². The Balaban J connectivity index is 1.44. The fourth-order valence-corrected chi connectivity index (χ4v) is 7.89. The zero-order valence-corrected chi connectivity index (χ0v) is 17.1. The van der Waals surface area contributed by atoms with Crippen molar-refractivity contribution in [1.29, 1.82) is 0 Å². The monoisotopic (exact) mass is 369 g/mol. The van der Waals surface area contributed by atoms with Gasteiger partial charge in [0.2, 0.25) is 0 Å². The number of hydrogen-bond donors (Lipinski definition) is 0. The third-order valence-electron chi connectivity index (χ3n) is 9.53. The predicted molar refractivity (Wildman–Crippen MR) is 106 cm³/mol. The molecule has 0 bridgehead atoms. The summed E-state index contributed by atoms with van der Waals surface area (Å²) in [5, 5.41) is 0. The molecule has 0 N–H and O–H groups in total. The molecule has 148 valence electrons. The average molecular weight is 370 g/mol. The van der Waals surface area contributed by atoms with Crippen LogP contribution in [0.3, 0.4) is 0 Å². The molecule has 3 nitrogen and oxygen atoms in total. The Hall–Kier alpha value is -0.960. The molecule has 0 aromatic heterocycles. The first-order chi connectivity index (χ1) is 12.9. The van der Waals surface area contributed by atoms with E-state index in [9.17, 15) is 9.59 Å². The van der Waals surface area contributed by atoms with Crippen molar-refractivity contribution in [2.24, 2.45) is 28.6 Å². The van der Waals surface area contributed by atoms with Gasteiger partial charge in [-0.1, -0.05) is 25.8 Å². The average Bonchev–Trinajstić information content (AvgIpc) is 2.94. The van der Waals surface area contributed by atoms with Crippen LogP contribution < -0.4 is 0 Å². The number of ketones is 2. The number of hydrogen-bond acceptors (Lipinski definition) is 3. The molecule has 1 saturated heterocycles. The molecule has 3 heteroatoms. The second-order valence-electron chi connectivity index (χ2n) is 10.6. The van der Waals surface area contributed by atoms with Crippen molar-refractivity contribution < 1.29 is 9.59 Å². The maximum atomic E-state index is 13.5. The van der Waals surface area contributed by atoms with Crippen LogP contribution in [0.25, 0.3) is 0 Å². The van der Waals surface area contributed by atoms with Crippen LogP contribution in [0.5, 0.6) is 0 Å². The van der Waals surface area contributed by atoms with Gasteiger partial charge in [0.25, 0.3) is 0 Å². The van der Waals surface area contributed by atoms with Gasteiger partial charge in [-0.05, 0) is 93.7 Å². The molecule has 0 aromatic rings. The number of rotatable bonds is 1. The van der Waals surface area contributed by atoms with Crippen LogP contribution in [-0.4, -0.2) is 35.6 Å². The van der Waals surface area contributed by atoms with Crippen LogP contribution in [0.15, 0.2) is 11.6 Å². The zero-order chi connectivity index (χ0) is 18.8. The highest BCUT2D eigenvalue weighted by Crippen LogP contribution is 2.64. The third-order valence-corrected chi connectivity index (χ3v) is 9.53. The summed E-state index contributed by atoms with van der Waals surface area (Å²) in [5.74, 6) is 2.82. The van der Waals surface area contributed by atoms with Gasteiger partial charge >= 0.3 is 0 Å². The lowest BCUT2D eigenvalue weighted by molar-refractivity contribution is -0.135. The number of nitrogens with zero attached hydrogens (tertiary/aromatic N) is 1. The topological polar surface area (TPSA) is 37.4 Å². The predicted octanol–water partition coefficient (Wildman–Crippen LogP) is 4.55. The lowest BCUT2D eigenvalue weighted by Gasteiger charge is -2.56. The highest BCUT2D eigenvalue weighted by molar-refractivity contribution is 5.93. The lowest BCUT2D eigenvalue weighted by Crippen LogP contribution is -2.51. The molecule has 5 rings (SSSR count). The van der Waals surface area contributed by atoms with E-state index in [1.807, 2.05) is 6.08 Å². The molecule has 4 aliphatic carbocycles. The Morgan fingerprint density at radius 2 is 1.70 bits per heavy atom. The van der Waals surface area contributed by atoms with Gasteiger partial charge in [-0.2, -0.15) is 0 Å². The maximum absolute atomic E-state index is 13.5. The Labute approximate surface area is 163 Å². The summed E-state index contributed by atoms with van der Waals surface area (Å²) in [6.07, 6.45) is 13.2. The summed E-state index contributed by atoms with van der Waals surface area (Å²) in [4.78, 5) is 28.1. The summed E-state index contributed by atoms with van der Waals surface area (Å²) in [6, 6.07) is 0.191. The van der Waals surface area contributed by atoms with Crippen LogP contribution in [0.4, 0.5) is 0 Å². The molecule has 1 heterocycles. The van der Waals surface area contributed by atoms with E-state index in [0.717, 1.165) is 45.2 Å². The second-order valence-corrected chi connectivity index (χ2v) is 10.6. The summed E-state index contributed by atoms with van der Waals surface area (Å²) >= 11 is 0. The van der Waals surface area contributed by atoms with Crippen LogP contribution in [0.2, 0.25) is 0 Å². The number of carbonyl (C=O) groups excluding carboxylic acids is 2. The van der Waals surface area contributed by atoms with Crippen molar-refractivity contribution in [3.63, 3.8) is 0 Å². The Bertz CT molecular complexity index is 690. The van der Waals surface area contributed by atoms with Gasteiger partial charge in [0.15, 0.2) is 11.6 Å². The standard InChI is InChI=1S/C24H35NO2/c1-23-10-8-17(26)14-16(23)6-7-18-19(23)9-11-24(2)20(18)15-21(22(24)27)25-12-4-3-5-13-25/h14,18-21H,3-13,15H2,1-2H3/t18-,19+,20+,21+,23+,24+/m1/s1.